The molecular weight excluding hydrogens is 624 g/mol. The average Bonchev–Trinajstić information content (AvgIpc) is 3.36. The first-order valence-corrected chi connectivity index (χ1v) is 14.0. The third-order valence-corrected chi connectivity index (χ3v) is 7.50. The molecular formula is C26H28ClF6N7O4. The molecule has 0 saturated carbocycles. The van der Waals surface area contributed by atoms with Crippen molar-refractivity contribution in [3.05, 3.63) is 34.7 Å². The average molecular weight is 652 g/mol. The van der Waals surface area contributed by atoms with Crippen molar-refractivity contribution >= 4 is 40.1 Å². The molecule has 0 aliphatic carbocycles. The Labute approximate surface area is 252 Å². The van der Waals surface area contributed by atoms with Crippen LogP contribution in [0.5, 0.6) is 5.75 Å². The number of anilines is 2. The lowest BCUT2D eigenvalue weighted by Crippen LogP contribution is -2.47. The molecule has 0 amide bonds. The zero-order chi connectivity index (χ0) is 31.6. The highest BCUT2D eigenvalue weighted by Crippen LogP contribution is 2.38. The number of nitrogens with zero attached hydrogens (tertiary/aromatic N) is 7. The molecule has 2 aliphatic heterocycles. The molecule has 5 rings (SSSR count). The van der Waals surface area contributed by atoms with E-state index in [1.54, 1.807) is 12.1 Å². The van der Waals surface area contributed by atoms with Crippen LogP contribution in [-0.4, -0.2) is 103 Å². The number of alkyl halides is 6. The minimum absolute atomic E-state index is 0.173. The SMILES string of the molecule is Cc1c(OCCCN2CCOCC2)cc(Cl)cc1N1CCN(c2ncnc3c2c(C(F)(F)F)nn3OC(=O)C(F)(F)F)CC1. The number of ether oxygens (including phenoxy) is 2. The number of piperazine rings is 1. The summed E-state index contributed by atoms with van der Waals surface area (Å²) in [5.41, 5.74) is -0.660. The largest absolute Gasteiger partial charge is 0.493 e. The third kappa shape index (κ3) is 7.04. The molecule has 0 radical (unpaired) electrons. The smallest absolute Gasteiger partial charge is 0.493 e. The van der Waals surface area contributed by atoms with Gasteiger partial charge in [-0.2, -0.15) is 26.3 Å². The van der Waals surface area contributed by atoms with Crippen molar-refractivity contribution in [2.24, 2.45) is 0 Å². The normalized spacial score (nSPS) is 16.9. The minimum Gasteiger partial charge on any atom is -0.493 e. The van der Waals surface area contributed by atoms with E-state index in [1.807, 2.05) is 11.8 Å². The van der Waals surface area contributed by atoms with Gasteiger partial charge in [-0.3, -0.25) is 4.90 Å². The van der Waals surface area contributed by atoms with Gasteiger partial charge in [-0.15, -0.1) is 5.10 Å². The second kappa shape index (κ2) is 12.8. The Morgan fingerprint density at radius 1 is 1.00 bits per heavy atom. The molecule has 0 N–H and O–H groups in total. The number of benzene rings is 1. The van der Waals surface area contributed by atoms with Crippen molar-refractivity contribution < 1.29 is 45.4 Å². The first-order valence-electron chi connectivity index (χ1n) is 13.7. The highest BCUT2D eigenvalue weighted by atomic mass is 35.5. The molecule has 18 heteroatoms. The molecule has 44 heavy (non-hydrogen) atoms. The van der Waals surface area contributed by atoms with Crippen molar-refractivity contribution in [2.75, 3.05) is 75.4 Å². The number of rotatable bonds is 8. The van der Waals surface area contributed by atoms with Crippen LogP contribution in [0.4, 0.5) is 37.8 Å². The fraction of sp³-hybridized carbons (Fsp3) is 0.538. The van der Waals surface area contributed by atoms with Crippen LogP contribution >= 0.6 is 11.6 Å². The monoisotopic (exact) mass is 651 g/mol. The molecule has 4 heterocycles. The van der Waals surface area contributed by atoms with Gasteiger partial charge in [0.05, 0.1) is 25.2 Å². The van der Waals surface area contributed by atoms with E-state index in [0.29, 0.717) is 30.5 Å². The number of carbonyl (C=O) groups is 1. The van der Waals surface area contributed by atoms with E-state index in [4.69, 9.17) is 21.1 Å². The molecule has 2 aromatic heterocycles. The summed E-state index contributed by atoms with van der Waals surface area (Å²) in [6.45, 7) is 7.57. The Kier molecular flexibility index (Phi) is 9.27. The Hall–Kier alpha value is -3.57. The zero-order valence-electron chi connectivity index (χ0n) is 23.4. The van der Waals surface area contributed by atoms with Gasteiger partial charge in [0.1, 0.15) is 17.9 Å². The zero-order valence-corrected chi connectivity index (χ0v) is 24.2. The number of hydrogen-bond donors (Lipinski definition) is 0. The number of morpholine rings is 1. The first kappa shape index (κ1) is 31.8. The van der Waals surface area contributed by atoms with Crippen LogP contribution < -0.4 is 19.4 Å². The molecule has 1 aromatic carbocycles. The maximum atomic E-state index is 13.9. The lowest BCUT2D eigenvalue weighted by molar-refractivity contribution is -0.201. The summed E-state index contributed by atoms with van der Waals surface area (Å²) >= 11 is 6.41. The van der Waals surface area contributed by atoms with Crippen LogP contribution in [0.2, 0.25) is 5.02 Å². The summed E-state index contributed by atoms with van der Waals surface area (Å²) in [6.07, 6.45) is -8.88. The molecule has 0 bridgehead atoms. The van der Waals surface area contributed by atoms with Gasteiger partial charge in [-0.1, -0.05) is 16.4 Å². The van der Waals surface area contributed by atoms with Gasteiger partial charge < -0.3 is 24.1 Å². The number of hydrogen-bond acceptors (Lipinski definition) is 10. The lowest BCUT2D eigenvalue weighted by atomic mass is 10.1. The van der Waals surface area contributed by atoms with Crippen molar-refractivity contribution in [3.8, 4) is 5.75 Å². The topological polar surface area (TPSA) is 98.1 Å². The molecule has 0 spiro atoms. The Morgan fingerprint density at radius 3 is 2.34 bits per heavy atom. The molecule has 2 fully saturated rings. The second-order valence-corrected chi connectivity index (χ2v) is 10.6. The van der Waals surface area contributed by atoms with E-state index in [2.05, 4.69) is 24.8 Å². The molecule has 2 saturated heterocycles. The first-order chi connectivity index (χ1) is 20.8. The number of halogens is 7. The van der Waals surface area contributed by atoms with Crippen LogP contribution in [-0.2, 0) is 15.7 Å². The summed E-state index contributed by atoms with van der Waals surface area (Å²) in [5, 5.41) is 2.87. The molecule has 3 aromatic rings. The van der Waals surface area contributed by atoms with Crippen molar-refractivity contribution in [2.45, 2.75) is 25.7 Å². The molecule has 0 unspecified atom stereocenters. The van der Waals surface area contributed by atoms with E-state index in [9.17, 15) is 31.1 Å². The van der Waals surface area contributed by atoms with Gasteiger partial charge >= 0.3 is 18.3 Å². The van der Waals surface area contributed by atoms with Crippen LogP contribution in [0, 0.1) is 6.92 Å². The Morgan fingerprint density at radius 2 is 1.68 bits per heavy atom. The molecule has 11 nitrogen and oxygen atoms in total. The van der Waals surface area contributed by atoms with Gasteiger partial charge in [-0.05, 0) is 25.5 Å². The predicted octanol–water partition coefficient (Wildman–Crippen LogP) is 3.75. The Bertz CT molecular complexity index is 1490. The highest BCUT2D eigenvalue weighted by Gasteiger charge is 2.45. The molecule has 2 aliphatic rings. The predicted molar refractivity (Wildman–Crippen MR) is 146 cm³/mol. The number of aromatic nitrogens is 4. The molecule has 240 valence electrons. The summed E-state index contributed by atoms with van der Waals surface area (Å²) in [5.74, 6) is -2.32. The van der Waals surface area contributed by atoms with Crippen LogP contribution in [0.15, 0.2) is 18.5 Å². The maximum Gasteiger partial charge on any atom is 0.493 e. The van der Waals surface area contributed by atoms with E-state index >= 15 is 0 Å². The van der Waals surface area contributed by atoms with Gasteiger partial charge in [0.15, 0.2) is 5.69 Å². The van der Waals surface area contributed by atoms with Crippen LogP contribution in [0.3, 0.4) is 0 Å². The third-order valence-electron chi connectivity index (χ3n) is 7.28. The minimum atomic E-state index is -5.46. The van der Waals surface area contributed by atoms with Gasteiger partial charge in [-0.25, -0.2) is 14.8 Å². The van der Waals surface area contributed by atoms with E-state index < -0.39 is 35.0 Å². The summed E-state index contributed by atoms with van der Waals surface area (Å²) in [6, 6.07) is 3.53. The molecule has 0 atom stereocenters. The Balaban J connectivity index is 1.31. The quantitative estimate of drug-likeness (QED) is 0.265. The maximum absolute atomic E-state index is 13.9. The number of carbonyl (C=O) groups excluding carboxylic acids is 1. The van der Waals surface area contributed by atoms with E-state index in [0.717, 1.165) is 56.8 Å². The van der Waals surface area contributed by atoms with Crippen molar-refractivity contribution in [1.82, 2.24) is 24.8 Å². The second-order valence-electron chi connectivity index (χ2n) is 10.2. The summed E-state index contributed by atoms with van der Waals surface area (Å²) in [7, 11) is 0. The van der Waals surface area contributed by atoms with E-state index in [-0.39, 0.29) is 23.8 Å². The summed E-state index contributed by atoms with van der Waals surface area (Å²) in [4.78, 5) is 28.7. The highest BCUT2D eigenvalue weighted by molar-refractivity contribution is 6.31. The van der Waals surface area contributed by atoms with Gasteiger partial charge in [0.25, 0.3) is 0 Å². The lowest BCUT2D eigenvalue weighted by Gasteiger charge is -2.37. The standard InChI is InChI=1S/C26H28ClF6N7O4/c1-16-18(13-17(27)14-19(16)43-10-2-3-37-8-11-42-12-9-37)38-4-6-39(7-5-38)22-20-21(25(28,29)30)36-40(23(20)35-15-34-22)44-24(41)26(31,32)33/h13-15H,2-12H2,1H3. The van der Waals surface area contributed by atoms with Crippen molar-refractivity contribution in [1.29, 1.82) is 0 Å². The fourth-order valence-electron chi connectivity index (χ4n) is 5.12. The van der Waals surface area contributed by atoms with Crippen LogP contribution in [0.25, 0.3) is 11.0 Å². The van der Waals surface area contributed by atoms with Crippen LogP contribution in [0.1, 0.15) is 17.7 Å². The van der Waals surface area contributed by atoms with E-state index in [1.165, 1.54) is 4.90 Å². The fourth-order valence-corrected chi connectivity index (χ4v) is 5.32. The van der Waals surface area contributed by atoms with Gasteiger partial charge in [0, 0.05) is 62.1 Å². The summed E-state index contributed by atoms with van der Waals surface area (Å²) < 4.78 is 91.4. The van der Waals surface area contributed by atoms with Gasteiger partial charge in [0.2, 0.25) is 5.65 Å². The van der Waals surface area contributed by atoms with Crippen molar-refractivity contribution in [3.63, 3.8) is 0 Å². The number of fused-ring (bicyclic) bond motifs is 1.